The van der Waals surface area contributed by atoms with Crippen LogP contribution in [0, 0.1) is 0 Å². The van der Waals surface area contributed by atoms with Crippen molar-refractivity contribution in [2.45, 2.75) is 30.7 Å². The van der Waals surface area contributed by atoms with Crippen LogP contribution >= 0.6 is 0 Å². The molecule has 1 atom stereocenters. The Morgan fingerprint density at radius 1 is 1.17 bits per heavy atom. The third-order valence-electron chi connectivity index (χ3n) is 5.95. The van der Waals surface area contributed by atoms with E-state index in [0.717, 1.165) is 11.6 Å². The van der Waals surface area contributed by atoms with Crippen molar-refractivity contribution in [2.24, 2.45) is 19.3 Å². The number of alkyl halides is 3. The highest BCUT2D eigenvalue weighted by molar-refractivity contribution is 7.91. The van der Waals surface area contributed by atoms with Gasteiger partial charge in [0.05, 0.1) is 17.0 Å². The highest BCUT2D eigenvalue weighted by Crippen LogP contribution is 2.36. The average Bonchev–Trinajstić information content (AvgIpc) is 3.55. The minimum atomic E-state index is -4.60. The van der Waals surface area contributed by atoms with Gasteiger partial charge >= 0.3 is 6.18 Å². The van der Waals surface area contributed by atoms with Gasteiger partial charge in [0.2, 0.25) is 0 Å². The second-order valence-electron chi connectivity index (χ2n) is 8.22. The van der Waals surface area contributed by atoms with Crippen LogP contribution < -0.4 is 0 Å². The van der Waals surface area contributed by atoms with Gasteiger partial charge in [-0.15, -0.1) is 0 Å². The van der Waals surface area contributed by atoms with Crippen LogP contribution in [0.5, 0.6) is 0 Å². The van der Waals surface area contributed by atoms with E-state index in [1.165, 1.54) is 23.1 Å². The zero-order valence-electron chi connectivity index (χ0n) is 19.4. The van der Waals surface area contributed by atoms with Crippen molar-refractivity contribution in [3.05, 3.63) is 53.7 Å². The summed E-state index contributed by atoms with van der Waals surface area (Å²) in [6.45, 7) is 1.49. The lowest BCUT2D eigenvalue weighted by molar-refractivity contribution is -0.137. The van der Waals surface area contributed by atoms with E-state index < -0.39 is 27.7 Å². The second-order valence-corrected chi connectivity index (χ2v) is 10.4. The standard InChI is InChI=1S/C22H20F3N7O3S/c1-4-36(33,34)21-17(20-28-15-8-13(22(23,24)25)11-27-18(15)31(20)2)29-19(32(21)3)16-9-14(30-35-16)12-6-5-7-26-10-12/h5-8,10-11,16H,4,9H2,1-3H3. The molecule has 0 aromatic carbocycles. The molecular weight excluding hydrogens is 499 g/mol. The number of aryl methyl sites for hydroxylation is 1. The Balaban J connectivity index is 1.63. The third-order valence-corrected chi connectivity index (χ3v) is 7.77. The van der Waals surface area contributed by atoms with Gasteiger partial charge in [-0.05, 0) is 18.2 Å². The van der Waals surface area contributed by atoms with E-state index in [9.17, 15) is 21.6 Å². The molecule has 36 heavy (non-hydrogen) atoms. The lowest BCUT2D eigenvalue weighted by Gasteiger charge is -2.10. The number of sulfone groups is 1. The summed E-state index contributed by atoms with van der Waals surface area (Å²) >= 11 is 0. The molecule has 0 saturated carbocycles. The van der Waals surface area contributed by atoms with Crippen LogP contribution in [0.25, 0.3) is 22.7 Å². The molecule has 188 valence electrons. The number of hydrogen-bond acceptors (Lipinski definition) is 8. The van der Waals surface area contributed by atoms with Gasteiger partial charge in [-0.3, -0.25) is 4.98 Å². The average molecular weight is 520 g/mol. The molecule has 1 aliphatic rings. The number of rotatable bonds is 5. The van der Waals surface area contributed by atoms with Crippen LogP contribution in [-0.2, 0) is 34.9 Å². The molecule has 0 amide bonds. The van der Waals surface area contributed by atoms with E-state index >= 15 is 0 Å². The predicted octanol–water partition coefficient (Wildman–Crippen LogP) is 3.44. The Bertz CT molecular complexity index is 1610. The molecule has 0 N–H and O–H groups in total. The fraction of sp³-hybridized carbons (Fsp3) is 0.318. The molecule has 5 rings (SSSR count). The Morgan fingerprint density at radius 2 is 1.94 bits per heavy atom. The summed E-state index contributed by atoms with van der Waals surface area (Å²) in [6, 6.07) is 4.47. The van der Waals surface area contributed by atoms with Gasteiger partial charge in [0.15, 0.2) is 38.3 Å². The fourth-order valence-corrected chi connectivity index (χ4v) is 5.30. The highest BCUT2D eigenvalue weighted by atomic mass is 32.2. The van der Waals surface area contributed by atoms with Gasteiger partial charge in [0, 0.05) is 44.7 Å². The lowest BCUT2D eigenvalue weighted by Crippen LogP contribution is -2.14. The number of fused-ring (bicyclic) bond motifs is 1. The summed E-state index contributed by atoms with van der Waals surface area (Å²) in [5.41, 5.74) is 0.559. The monoisotopic (exact) mass is 519 g/mol. The summed E-state index contributed by atoms with van der Waals surface area (Å²) in [5, 5.41) is 4.00. The zero-order chi connectivity index (χ0) is 25.8. The molecule has 0 bridgehead atoms. The molecule has 4 aromatic heterocycles. The van der Waals surface area contributed by atoms with E-state index in [4.69, 9.17) is 4.84 Å². The van der Waals surface area contributed by atoms with Crippen LogP contribution in [0.4, 0.5) is 13.2 Å². The van der Waals surface area contributed by atoms with Crippen molar-refractivity contribution in [3.8, 4) is 11.5 Å². The second kappa shape index (κ2) is 8.40. The number of hydrogen-bond donors (Lipinski definition) is 0. The molecular formula is C22H20F3N7O3S. The van der Waals surface area contributed by atoms with Gasteiger partial charge in [0.25, 0.3) is 0 Å². The van der Waals surface area contributed by atoms with Crippen molar-refractivity contribution in [1.82, 2.24) is 29.1 Å². The summed E-state index contributed by atoms with van der Waals surface area (Å²) in [6.07, 6.45) is -0.976. The van der Waals surface area contributed by atoms with Crippen LogP contribution in [0.1, 0.15) is 36.4 Å². The number of pyridine rings is 2. The van der Waals surface area contributed by atoms with E-state index in [2.05, 4.69) is 25.1 Å². The quantitative estimate of drug-likeness (QED) is 0.396. The Hall–Kier alpha value is -3.81. The fourth-order valence-electron chi connectivity index (χ4n) is 4.09. The van der Waals surface area contributed by atoms with Crippen molar-refractivity contribution >= 4 is 26.7 Å². The molecule has 14 heteroatoms. The van der Waals surface area contributed by atoms with Gasteiger partial charge in [-0.2, -0.15) is 13.2 Å². The zero-order valence-corrected chi connectivity index (χ0v) is 20.2. The maximum atomic E-state index is 13.2. The Labute approximate surface area is 203 Å². The molecule has 10 nitrogen and oxygen atoms in total. The van der Waals surface area contributed by atoms with Crippen molar-refractivity contribution in [2.75, 3.05) is 5.75 Å². The van der Waals surface area contributed by atoms with Crippen LogP contribution in [0.2, 0.25) is 0 Å². The van der Waals surface area contributed by atoms with Crippen LogP contribution in [0.15, 0.2) is 47.0 Å². The number of aromatic nitrogens is 6. The molecule has 1 aliphatic heterocycles. The molecule has 0 spiro atoms. The van der Waals surface area contributed by atoms with Crippen LogP contribution in [0.3, 0.4) is 0 Å². The summed E-state index contributed by atoms with van der Waals surface area (Å²) in [4.78, 5) is 22.4. The number of imidazole rings is 2. The molecule has 0 fully saturated rings. The number of oxime groups is 1. The molecule has 0 radical (unpaired) electrons. The first-order valence-corrected chi connectivity index (χ1v) is 12.5. The molecule has 5 heterocycles. The van der Waals surface area contributed by atoms with E-state index in [-0.39, 0.29) is 39.3 Å². The van der Waals surface area contributed by atoms with E-state index in [1.807, 2.05) is 6.07 Å². The first-order valence-electron chi connectivity index (χ1n) is 10.8. The van der Waals surface area contributed by atoms with Gasteiger partial charge in [-0.25, -0.2) is 23.4 Å². The van der Waals surface area contributed by atoms with E-state index in [1.54, 1.807) is 25.5 Å². The largest absolute Gasteiger partial charge is 0.417 e. The van der Waals surface area contributed by atoms with Gasteiger partial charge < -0.3 is 14.0 Å². The summed E-state index contributed by atoms with van der Waals surface area (Å²) in [5.74, 6) is 0.135. The maximum Gasteiger partial charge on any atom is 0.417 e. The van der Waals surface area contributed by atoms with Crippen molar-refractivity contribution in [1.29, 1.82) is 0 Å². The molecule has 0 saturated heterocycles. The van der Waals surface area contributed by atoms with Crippen molar-refractivity contribution < 1.29 is 26.4 Å². The smallest absolute Gasteiger partial charge is 0.384 e. The molecule has 4 aromatic rings. The number of halogens is 3. The topological polar surface area (TPSA) is 117 Å². The van der Waals surface area contributed by atoms with E-state index in [0.29, 0.717) is 18.3 Å². The highest BCUT2D eigenvalue weighted by Gasteiger charge is 2.36. The van der Waals surface area contributed by atoms with Crippen molar-refractivity contribution in [3.63, 3.8) is 0 Å². The lowest BCUT2D eigenvalue weighted by atomic mass is 10.1. The maximum absolute atomic E-state index is 13.2. The van der Waals surface area contributed by atoms with Gasteiger partial charge in [0.1, 0.15) is 11.2 Å². The first kappa shape index (κ1) is 23.9. The first-order chi connectivity index (χ1) is 17.0. The predicted molar refractivity (Wildman–Crippen MR) is 123 cm³/mol. The van der Waals surface area contributed by atoms with Gasteiger partial charge in [-0.1, -0.05) is 12.1 Å². The SMILES string of the molecule is CCS(=O)(=O)c1c(-c2nc3cc(C(F)(F)F)cnc3n2C)nc(C2CC(c3cccnc3)=NO2)n1C. The Morgan fingerprint density at radius 3 is 2.61 bits per heavy atom. The summed E-state index contributed by atoms with van der Waals surface area (Å²) in [7, 11) is -0.741. The minimum Gasteiger partial charge on any atom is -0.384 e. The number of nitrogens with zero attached hydrogens (tertiary/aromatic N) is 7. The normalized spacial score (nSPS) is 16.4. The molecule has 0 aliphatic carbocycles. The summed E-state index contributed by atoms with van der Waals surface area (Å²) < 4.78 is 68.6. The van der Waals surface area contributed by atoms with Crippen LogP contribution in [-0.4, -0.2) is 49.0 Å². The Kier molecular flexibility index (Phi) is 5.58. The third kappa shape index (κ3) is 3.90. The molecule has 1 unspecified atom stereocenters. The minimum absolute atomic E-state index is 0.00170.